The van der Waals surface area contributed by atoms with E-state index in [2.05, 4.69) is 15.3 Å². The van der Waals surface area contributed by atoms with E-state index in [1.165, 1.54) is 6.33 Å². The Hall–Kier alpha value is -2.45. The lowest BCUT2D eigenvalue weighted by atomic mass is 9.82. The molecule has 0 spiro atoms. The number of anilines is 1. The molecule has 0 saturated carbocycles. The summed E-state index contributed by atoms with van der Waals surface area (Å²) in [5.41, 5.74) is 8.16. The number of nitrogens with zero attached hydrogens (tertiary/aromatic N) is 4. The summed E-state index contributed by atoms with van der Waals surface area (Å²) in [6.07, 6.45) is 4.39. The highest BCUT2D eigenvalue weighted by Crippen LogP contribution is 2.36. The number of likely N-dealkylation sites (tertiary alicyclic amines) is 1. The summed E-state index contributed by atoms with van der Waals surface area (Å²) < 4.78 is 1.88. The van der Waals surface area contributed by atoms with Gasteiger partial charge in [-0.15, -0.1) is 12.4 Å². The van der Waals surface area contributed by atoms with Crippen LogP contribution in [-0.4, -0.2) is 51.0 Å². The molecule has 8 nitrogen and oxygen atoms in total. The molecular weight excluding hydrogens is 392 g/mol. The fourth-order valence-electron chi connectivity index (χ4n) is 4.93. The Kier molecular flexibility index (Phi) is 5.31. The van der Waals surface area contributed by atoms with E-state index in [1.807, 2.05) is 15.5 Å². The highest BCUT2D eigenvalue weighted by atomic mass is 35.5. The molecule has 2 bridgehead atoms. The lowest BCUT2D eigenvalue weighted by Gasteiger charge is -2.43. The molecule has 2 saturated heterocycles. The van der Waals surface area contributed by atoms with Gasteiger partial charge in [0.1, 0.15) is 12.1 Å². The smallest absolute Gasteiger partial charge is 0.251 e. The molecule has 1 amide bonds. The van der Waals surface area contributed by atoms with Crippen LogP contribution in [0.2, 0.25) is 0 Å². The molecule has 154 valence electrons. The molecule has 3 N–H and O–H groups in total. The molecule has 2 fully saturated rings. The SMILES string of the molecule is Cl.Nc1cc(-c2cc3n(c(=O)c2)C[C@H]2C[C@@H]3CN(C(=O)[C@H]3CCCN3)C2)ncn1. The number of fused-ring (bicyclic) bond motifs is 4. The van der Waals surface area contributed by atoms with Crippen LogP contribution in [0.3, 0.4) is 0 Å². The number of carbonyl (C=O) groups excluding carboxylic acids is 1. The van der Waals surface area contributed by atoms with Crippen molar-refractivity contribution in [2.24, 2.45) is 5.92 Å². The molecule has 3 atom stereocenters. The number of pyridine rings is 1. The van der Waals surface area contributed by atoms with Crippen molar-refractivity contribution in [3.63, 3.8) is 0 Å². The highest BCUT2D eigenvalue weighted by molar-refractivity contribution is 5.85. The summed E-state index contributed by atoms with van der Waals surface area (Å²) in [6.45, 7) is 2.99. The maximum atomic E-state index is 12.9. The minimum absolute atomic E-state index is 0. The van der Waals surface area contributed by atoms with Gasteiger partial charge < -0.3 is 20.5 Å². The maximum Gasteiger partial charge on any atom is 0.251 e. The third kappa shape index (κ3) is 3.62. The fourth-order valence-corrected chi connectivity index (χ4v) is 4.93. The predicted octanol–water partition coefficient (Wildman–Crippen LogP) is 1.01. The summed E-state index contributed by atoms with van der Waals surface area (Å²) in [6, 6.07) is 5.29. The Morgan fingerprint density at radius 3 is 2.79 bits per heavy atom. The number of hydrogen-bond donors (Lipinski definition) is 2. The molecule has 0 aliphatic carbocycles. The van der Waals surface area contributed by atoms with E-state index in [-0.39, 0.29) is 35.8 Å². The van der Waals surface area contributed by atoms with Crippen LogP contribution in [-0.2, 0) is 11.3 Å². The Morgan fingerprint density at radius 1 is 1.17 bits per heavy atom. The number of rotatable bonds is 2. The van der Waals surface area contributed by atoms with Crippen LogP contribution < -0.4 is 16.6 Å². The van der Waals surface area contributed by atoms with Gasteiger partial charge in [0.15, 0.2) is 0 Å². The average Bonchev–Trinajstić information content (AvgIpc) is 3.23. The normalized spacial score (nSPS) is 25.2. The van der Waals surface area contributed by atoms with Crippen molar-refractivity contribution >= 4 is 24.1 Å². The number of hydrogen-bond acceptors (Lipinski definition) is 6. The number of carbonyl (C=O) groups is 1. The minimum Gasteiger partial charge on any atom is -0.384 e. The average molecular weight is 417 g/mol. The van der Waals surface area contributed by atoms with E-state index in [4.69, 9.17) is 5.73 Å². The molecule has 3 aliphatic rings. The van der Waals surface area contributed by atoms with Crippen molar-refractivity contribution in [3.8, 4) is 11.3 Å². The van der Waals surface area contributed by atoms with Crippen molar-refractivity contribution in [3.05, 3.63) is 40.6 Å². The standard InChI is InChI=1S/C20H24N6O2.ClH/c21-18-7-16(23-11-24-18)13-5-17-14-4-12(9-26(17)19(27)6-13)8-25(10-14)20(28)15-2-1-3-22-15;/h5-7,11-12,14-15,22H,1-4,8-10H2,(H2,21,23,24);1H/t12-,14+,15+;/m0./s1. The summed E-state index contributed by atoms with van der Waals surface area (Å²) in [5.74, 6) is 1.09. The van der Waals surface area contributed by atoms with Gasteiger partial charge in [-0.1, -0.05) is 0 Å². The second-order valence-corrected chi connectivity index (χ2v) is 8.14. The number of halogens is 1. The fraction of sp³-hybridized carbons (Fsp3) is 0.500. The molecule has 0 radical (unpaired) electrons. The number of nitrogen functional groups attached to an aromatic ring is 1. The van der Waals surface area contributed by atoms with Crippen molar-refractivity contribution in [1.82, 2.24) is 24.8 Å². The van der Waals surface area contributed by atoms with E-state index >= 15 is 0 Å². The van der Waals surface area contributed by atoms with E-state index in [1.54, 1.807) is 12.1 Å². The van der Waals surface area contributed by atoms with Crippen LogP contribution in [0.25, 0.3) is 11.3 Å². The Balaban J connectivity index is 0.00000205. The maximum absolute atomic E-state index is 12.9. The first-order valence-electron chi connectivity index (χ1n) is 9.93. The van der Waals surface area contributed by atoms with Gasteiger partial charge in [0.25, 0.3) is 5.56 Å². The van der Waals surface area contributed by atoms with E-state index < -0.39 is 0 Å². The van der Waals surface area contributed by atoms with Crippen molar-refractivity contribution in [1.29, 1.82) is 0 Å². The third-order valence-electron chi connectivity index (χ3n) is 6.21. The van der Waals surface area contributed by atoms with Crippen LogP contribution in [0.5, 0.6) is 0 Å². The molecule has 5 heterocycles. The monoisotopic (exact) mass is 416 g/mol. The molecular formula is C20H25ClN6O2. The van der Waals surface area contributed by atoms with E-state index in [0.29, 0.717) is 30.5 Å². The van der Waals surface area contributed by atoms with Crippen molar-refractivity contribution in [2.75, 3.05) is 25.4 Å². The minimum atomic E-state index is -0.0450. The van der Waals surface area contributed by atoms with Gasteiger partial charge in [0.2, 0.25) is 5.91 Å². The lowest BCUT2D eigenvalue weighted by molar-refractivity contribution is -0.135. The molecule has 29 heavy (non-hydrogen) atoms. The summed E-state index contributed by atoms with van der Waals surface area (Å²) in [5, 5.41) is 3.31. The summed E-state index contributed by atoms with van der Waals surface area (Å²) in [4.78, 5) is 35.9. The topological polar surface area (TPSA) is 106 Å². The first kappa shape index (κ1) is 19.8. The Bertz CT molecular complexity index is 987. The summed E-state index contributed by atoms with van der Waals surface area (Å²) >= 11 is 0. The number of aromatic nitrogens is 3. The Morgan fingerprint density at radius 2 is 2.03 bits per heavy atom. The molecule has 2 aromatic rings. The van der Waals surface area contributed by atoms with Gasteiger partial charge in [-0.3, -0.25) is 9.59 Å². The van der Waals surface area contributed by atoms with E-state index in [9.17, 15) is 9.59 Å². The second kappa shape index (κ2) is 7.76. The third-order valence-corrected chi connectivity index (χ3v) is 6.21. The molecule has 5 rings (SSSR count). The van der Waals surface area contributed by atoms with Crippen LogP contribution in [0.1, 0.15) is 30.9 Å². The zero-order valence-corrected chi connectivity index (χ0v) is 16.9. The van der Waals surface area contributed by atoms with Gasteiger partial charge in [0.05, 0.1) is 11.7 Å². The van der Waals surface area contributed by atoms with Crippen molar-refractivity contribution in [2.45, 2.75) is 37.8 Å². The number of nitrogens with two attached hydrogens (primary N) is 1. The zero-order valence-electron chi connectivity index (χ0n) is 16.1. The molecule has 2 aromatic heterocycles. The predicted molar refractivity (Wildman–Crippen MR) is 112 cm³/mol. The molecule has 0 aromatic carbocycles. The molecule has 9 heteroatoms. The quantitative estimate of drug-likeness (QED) is 0.756. The van der Waals surface area contributed by atoms with Gasteiger partial charge in [-0.05, 0) is 37.8 Å². The molecule has 0 unspecified atom stereocenters. The number of piperidine rings is 1. The second-order valence-electron chi connectivity index (χ2n) is 8.14. The molecule has 3 aliphatic heterocycles. The van der Waals surface area contributed by atoms with Crippen molar-refractivity contribution < 1.29 is 4.79 Å². The number of amides is 1. The van der Waals surface area contributed by atoms with Crippen LogP contribution >= 0.6 is 12.4 Å². The first-order valence-corrected chi connectivity index (χ1v) is 9.93. The van der Waals surface area contributed by atoms with E-state index in [0.717, 1.165) is 43.6 Å². The van der Waals surface area contributed by atoms with Gasteiger partial charge >= 0.3 is 0 Å². The first-order chi connectivity index (χ1) is 13.6. The largest absolute Gasteiger partial charge is 0.384 e. The van der Waals surface area contributed by atoms with Crippen LogP contribution in [0, 0.1) is 5.92 Å². The van der Waals surface area contributed by atoms with Gasteiger partial charge in [-0.2, -0.15) is 0 Å². The number of nitrogens with one attached hydrogen (secondary N) is 1. The van der Waals surface area contributed by atoms with Gasteiger partial charge in [-0.25, -0.2) is 9.97 Å². The summed E-state index contributed by atoms with van der Waals surface area (Å²) in [7, 11) is 0. The zero-order chi connectivity index (χ0) is 19.3. The lowest BCUT2D eigenvalue weighted by Crippen LogP contribution is -2.53. The van der Waals surface area contributed by atoms with Gasteiger partial charge in [0, 0.05) is 48.9 Å². The van der Waals surface area contributed by atoms with Crippen LogP contribution in [0.4, 0.5) is 5.82 Å². The van der Waals surface area contributed by atoms with Crippen LogP contribution in [0.15, 0.2) is 29.3 Å². The Labute approximate surface area is 174 Å². The highest BCUT2D eigenvalue weighted by Gasteiger charge is 2.38.